The number of benzene rings is 1. The zero-order valence-electron chi connectivity index (χ0n) is 13.8. The Bertz CT molecular complexity index is 799. The third-order valence-corrected chi connectivity index (χ3v) is 5.25. The Hall–Kier alpha value is -1.94. The molecule has 5 heteroatoms. The van der Waals surface area contributed by atoms with Gasteiger partial charge in [-0.05, 0) is 49.8 Å². The van der Waals surface area contributed by atoms with Gasteiger partial charge in [0.1, 0.15) is 0 Å². The van der Waals surface area contributed by atoms with Crippen LogP contribution in [0.2, 0.25) is 5.02 Å². The third kappa shape index (κ3) is 2.80. The standard InChI is InChI=1S/C19H20ClN3O/c1-12-18-16(22-19(21-12)23-7-2-3-8-23)10-14(11-17(18)24)13-5-4-6-15(20)9-13/h4-6,9,14H,2-3,7-8,10-11H2,1H3. The van der Waals surface area contributed by atoms with Gasteiger partial charge in [0.2, 0.25) is 5.95 Å². The van der Waals surface area contributed by atoms with E-state index in [4.69, 9.17) is 16.6 Å². The predicted octanol–water partition coefficient (Wildman–Crippen LogP) is 3.95. The van der Waals surface area contributed by atoms with Crippen molar-refractivity contribution in [3.63, 3.8) is 0 Å². The minimum absolute atomic E-state index is 0.143. The number of hydrogen-bond acceptors (Lipinski definition) is 4. The Kier molecular flexibility index (Phi) is 4.01. The normalized spacial score (nSPS) is 20.3. The van der Waals surface area contributed by atoms with Crippen LogP contribution in [0.3, 0.4) is 0 Å². The number of aryl methyl sites for hydroxylation is 1. The molecule has 4 nitrogen and oxygen atoms in total. The van der Waals surface area contributed by atoms with E-state index in [1.807, 2.05) is 31.2 Å². The topological polar surface area (TPSA) is 46.1 Å². The van der Waals surface area contributed by atoms with Gasteiger partial charge in [-0.1, -0.05) is 23.7 Å². The summed E-state index contributed by atoms with van der Waals surface area (Å²) in [5.41, 5.74) is 3.55. The van der Waals surface area contributed by atoms with Gasteiger partial charge >= 0.3 is 0 Å². The minimum Gasteiger partial charge on any atom is -0.341 e. The van der Waals surface area contributed by atoms with Crippen molar-refractivity contribution in [3.05, 3.63) is 51.8 Å². The first-order valence-electron chi connectivity index (χ1n) is 8.53. The first-order valence-corrected chi connectivity index (χ1v) is 8.91. The summed E-state index contributed by atoms with van der Waals surface area (Å²) in [6.07, 6.45) is 3.64. The van der Waals surface area contributed by atoms with E-state index in [9.17, 15) is 4.79 Å². The van der Waals surface area contributed by atoms with E-state index in [1.54, 1.807) is 0 Å². The lowest BCUT2D eigenvalue weighted by Gasteiger charge is -2.26. The van der Waals surface area contributed by atoms with Gasteiger partial charge in [0.05, 0.1) is 17.0 Å². The second kappa shape index (κ2) is 6.17. The molecule has 24 heavy (non-hydrogen) atoms. The van der Waals surface area contributed by atoms with Crippen LogP contribution in [0.4, 0.5) is 5.95 Å². The number of nitrogens with zero attached hydrogens (tertiary/aromatic N) is 3. The molecule has 1 unspecified atom stereocenters. The smallest absolute Gasteiger partial charge is 0.225 e. The van der Waals surface area contributed by atoms with Crippen molar-refractivity contribution in [2.45, 2.75) is 38.5 Å². The lowest BCUT2D eigenvalue weighted by molar-refractivity contribution is 0.0962. The van der Waals surface area contributed by atoms with Crippen molar-refractivity contribution < 1.29 is 4.79 Å². The summed E-state index contributed by atoms with van der Waals surface area (Å²) in [5.74, 6) is 1.07. The van der Waals surface area contributed by atoms with Gasteiger partial charge in [-0.25, -0.2) is 9.97 Å². The lowest BCUT2D eigenvalue weighted by atomic mass is 9.81. The molecule has 1 saturated heterocycles. The zero-order valence-corrected chi connectivity index (χ0v) is 14.5. The molecule has 2 aliphatic rings. The zero-order chi connectivity index (χ0) is 16.7. The van der Waals surface area contributed by atoms with Crippen molar-refractivity contribution in [3.8, 4) is 0 Å². The number of halogens is 1. The van der Waals surface area contributed by atoms with Crippen LogP contribution >= 0.6 is 11.6 Å². The van der Waals surface area contributed by atoms with Gasteiger partial charge in [0, 0.05) is 24.5 Å². The Labute approximate surface area is 146 Å². The van der Waals surface area contributed by atoms with Gasteiger partial charge in [-0.2, -0.15) is 0 Å². The number of carbonyl (C=O) groups is 1. The van der Waals surface area contributed by atoms with Gasteiger partial charge in [0.15, 0.2) is 5.78 Å². The molecule has 0 saturated carbocycles. The van der Waals surface area contributed by atoms with Crippen molar-refractivity contribution in [1.82, 2.24) is 9.97 Å². The fourth-order valence-electron chi connectivity index (χ4n) is 3.81. The van der Waals surface area contributed by atoms with Crippen LogP contribution in [0.25, 0.3) is 0 Å². The summed E-state index contributed by atoms with van der Waals surface area (Å²) >= 11 is 6.12. The fourth-order valence-corrected chi connectivity index (χ4v) is 4.01. The van der Waals surface area contributed by atoms with Crippen LogP contribution in [0.5, 0.6) is 0 Å². The van der Waals surface area contributed by atoms with Crippen molar-refractivity contribution in [2.24, 2.45) is 0 Å². The molecule has 0 spiro atoms. The number of hydrogen-bond donors (Lipinski definition) is 0. The molecule has 4 rings (SSSR count). The highest BCUT2D eigenvalue weighted by molar-refractivity contribution is 6.30. The lowest BCUT2D eigenvalue weighted by Crippen LogP contribution is -2.26. The largest absolute Gasteiger partial charge is 0.341 e. The Morgan fingerprint density at radius 3 is 2.71 bits per heavy atom. The monoisotopic (exact) mass is 341 g/mol. The number of Topliss-reactive ketones (excluding diaryl/α,β-unsaturated/α-hetero) is 1. The summed E-state index contributed by atoms with van der Waals surface area (Å²) < 4.78 is 0. The molecule has 0 radical (unpaired) electrons. The van der Waals surface area contributed by atoms with Gasteiger partial charge < -0.3 is 4.90 Å². The summed E-state index contributed by atoms with van der Waals surface area (Å²) in [4.78, 5) is 24.3. The first kappa shape index (κ1) is 15.6. The maximum atomic E-state index is 12.7. The third-order valence-electron chi connectivity index (χ3n) is 5.01. The number of aromatic nitrogens is 2. The Morgan fingerprint density at radius 1 is 1.17 bits per heavy atom. The molecule has 124 valence electrons. The molecule has 0 amide bonds. The molecule has 2 aromatic rings. The highest BCUT2D eigenvalue weighted by atomic mass is 35.5. The minimum atomic E-state index is 0.143. The van der Waals surface area contributed by atoms with Crippen LogP contribution in [0.1, 0.15) is 52.5 Å². The Balaban J connectivity index is 1.71. The van der Waals surface area contributed by atoms with E-state index >= 15 is 0 Å². The van der Waals surface area contributed by atoms with E-state index in [0.717, 1.165) is 48.0 Å². The summed E-state index contributed by atoms with van der Waals surface area (Å²) in [5, 5.41) is 0.711. The average molecular weight is 342 g/mol. The van der Waals surface area contributed by atoms with Crippen LogP contribution < -0.4 is 4.90 Å². The molecule has 1 fully saturated rings. The molecule has 1 atom stereocenters. The van der Waals surface area contributed by atoms with Crippen LogP contribution in [0.15, 0.2) is 24.3 Å². The second-order valence-corrected chi connectivity index (χ2v) is 7.14. The number of carbonyl (C=O) groups excluding carboxylic acids is 1. The highest BCUT2D eigenvalue weighted by Gasteiger charge is 2.30. The first-order chi connectivity index (χ1) is 11.6. The molecule has 1 aliphatic heterocycles. The van der Waals surface area contributed by atoms with E-state index in [0.29, 0.717) is 11.4 Å². The van der Waals surface area contributed by atoms with Crippen LogP contribution in [0, 0.1) is 6.92 Å². The van der Waals surface area contributed by atoms with Gasteiger partial charge in [0.25, 0.3) is 0 Å². The second-order valence-electron chi connectivity index (χ2n) is 6.71. The summed E-state index contributed by atoms with van der Waals surface area (Å²) in [7, 11) is 0. The molecule has 0 N–H and O–H groups in total. The van der Waals surface area contributed by atoms with Crippen molar-refractivity contribution in [2.75, 3.05) is 18.0 Å². The van der Waals surface area contributed by atoms with E-state index < -0.39 is 0 Å². The predicted molar refractivity (Wildman–Crippen MR) is 95.1 cm³/mol. The quantitative estimate of drug-likeness (QED) is 0.829. The van der Waals surface area contributed by atoms with Crippen molar-refractivity contribution in [1.29, 1.82) is 0 Å². The van der Waals surface area contributed by atoms with Crippen LogP contribution in [-0.4, -0.2) is 28.8 Å². The van der Waals surface area contributed by atoms with E-state index in [-0.39, 0.29) is 11.7 Å². The van der Waals surface area contributed by atoms with Crippen LogP contribution in [-0.2, 0) is 6.42 Å². The molecule has 1 aromatic heterocycles. The molecular formula is C19H20ClN3O. The number of ketones is 1. The summed E-state index contributed by atoms with van der Waals surface area (Å²) in [6, 6.07) is 7.81. The molecule has 0 bridgehead atoms. The Morgan fingerprint density at radius 2 is 1.96 bits per heavy atom. The molecule has 2 heterocycles. The molecular weight excluding hydrogens is 322 g/mol. The van der Waals surface area contributed by atoms with E-state index in [1.165, 1.54) is 12.8 Å². The SMILES string of the molecule is Cc1nc(N2CCCC2)nc2c1C(=O)CC(c1cccc(Cl)c1)C2. The van der Waals surface area contributed by atoms with Gasteiger partial charge in [-0.15, -0.1) is 0 Å². The highest BCUT2D eigenvalue weighted by Crippen LogP contribution is 2.34. The number of rotatable bonds is 2. The molecule has 1 aliphatic carbocycles. The fraction of sp³-hybridized carbons (Fsp3) is 0.421. The summed E-state index contributed by atoms with van der Waals surface area (Å²) in [6.45, 7) is 3.94. The average Bonchev–Trinajstić information content (AvgIpc) is 3.08. The van der Waals surface area contributed by atoms with E-state index in [2.05, 4.69) is 9.88 Å². The number of anilines is 1. The maximum absolute atomic E-state index is 12.7. The van der Waals surface area contributed by atoms with Gasteiger partial charge in [-0.3, -0.25) is 4.79 Å². The number of fused-ring (bicyclic) bond motifs is 1. The van der Waals surface area contributed by atoms with Crippen molar-refractivity contribution >= 4 is 23.3 Å². The maximum Gasteiger partial charge on any atom is 0.225 e. The molecule has 1 aromatic carbocycles.